The van der Waals surface area contributed by atoms with E-state index in [1.165, 1.54) is 315 Å². The van der Waals surface area contributed by atoms with Crippen LogP contribution in [0.3, 0.4) is 0 Å². The summed E-state index contributed by atoms with van der Waals surface area (Å²) in [6.45, 7) is 4.68. The van der Waals surface area contributed by atoms with Crippen LogP contribution in [0.1, 0.15) is 380 Å². The fraction of sp³-hybridized carbons (Fsp3) is 0.882. The quantitative estimate of drug-likeness (QED) is 0.0272. The third kappa shape index (κ3) is 69.8. The van der Waals surface area contributed by atoms with Gasteiger partial charge in [0.05, 0.1) is 39.9 Å². The molecular weight excluding hydrogens is 1070 g/mol. The van der Waals surface area contributed by atoms with Gasteiger partial charge in [-0.2, -0.15) is 0 Å². The smallest absolute Gasteiger partial charge is 0.268 e. The number of hydrogen-bond donors (Lipinski definition) is 2. The Morgan fingerprint density at radius 3 is 0.953 bits per heavy atom. The minimum absolute atomic E-state index is 0.00805. The topological polar surface area (TPSA) is 108 Å². The number of phosphoric ester groups is 1. The summed E-state index contributed by atoms with van der Waals surface area (Å²) in [6, 6.07) is -0.912. The lowest BCUT2D eigenvalue weighted by atomic mass is 10.0. The van der Waals surface area contributed by atoms with Crippen molar-refractivity contribution in [2.45, 2.75) is 392 Å². The first-order chi connectivity index (χ1) is 41.5. The molecule has 9 heteroatoms. The third-order valence-corrected chi connectivity index (χ3v) is 18.2. The van der Waals surface area contributed by atoms with Gasteiger partial charge in [-0.05, 0) is 70.6 Å². The molecule has 85 heavy (non-hydrogen) atoms. The largest absolute Gasteiger partial charge is 0.756 e. The van der Waals surface area contributed by atoms with Gasteiger partial charge < -0.3 is 28.8 Å². The number of allylic oxidation sites excluding steroid dienone is 7. The number of aliphatic hydroxyl groups is 1. The SMILES string of the molecule is CCCCCCCCCC/C=C\CCCCCCCCCCCCCCCCCCCCCC(=O)NC(COP(=O)([O-])OCC[N+](C)(C)C)C(O)/C=C/CC/C=C/CC/C=C/CCCCCCCCCCCCCCCCCCCCCCCC. The van der Waals surface area contributed by atoms with E-state index in [0.717, 1.165) is 44.9 Å². The third-order valence-electron chi connectivity index (χ3n) is 17.2. The average Bonchev–Trinajstić information content (AvgIpc) is 3.49. The van der Waals surface area contributed by atoms with E-state index in [1.807, 2.05) is 27.2 Å². The van der Waals surface area contributed by atoms with Gasteiger partial charge in [0, 0.05) is 6.42 Å². The first-order valence-electron chi connectivity index (χ1n) is 37.5. The first kappa shape index (κ1) is 83.5. The van der Waals surface area contributed by atoms with E-state index in [1.54, 1.807) is 6.08 Å². The number of unbranched alkanes of at least 4 members (excludes halogenated alkanes) is 51. The van der Waals surface area contributed by atoms with Crippen molar-refractivity contribution < 1.29 is 32.9 Å². The Bertz CT molecular complexity index is 1530. The first-order valence-corrected chi connectivity index (χ1v) is 39.0. The normalized spacial score (nSPS) is 13.8. The molecule has 1 amide bonds. The van der Waals surface area contributed by atoms with Crippen molar-refractivity contribution >= 4 is 13.7 Å². The predicted octanol–water partition coefficient (Wildman–Crippen LogP) is 23.5. The number of rotatable bonds is 70. The molecule has 0 aliphatic heterocycles. The predicted molar refractivity (Wildman–Crippen MR) is 371 cm³/mol. The molecule has 0 aromatic heterocycles. The van der Waals surface area contributed by atoms with Gasteiger partial charge in [-0.3, -0.25) is 9.36 Å². The molecule has 3 atom stereocenters. The van der Waals surface area contributed by atoms with E-state index < -0.39 is 26.6 Å². The minimum atomic E-state index is -4.62. The van der Waals surface area contributed by atoms with Gasteiger partial charge in [0.1, 0.15) is 13.2 Å². The Morgan fingerprint density at radius 2 is 0.659 bits per heavy atom. The summed E-state index contributed by atoms with van der Waals surface area (Å²) in [5.41, 5.74) is 0. The van der Waals surface area contributed by atoms with Gasteiger partial charge in [-0.15, -0.1) is 0 Å². The lowest BCUT2D eigenvalue weighted by molar-refractivity contribution is -0.870. The van der Waals surface area contributed by atoms with E-state index >= 15 is 0 Å². The van der Waals surface area contributed by atoms with Gasteiger partial charge in [0.15, 0.2) is 0 Å². The summed E-state index contributed by atoms with van der Waals surface area (Å²) >= 11 is 0. The van der Waals surface area contributed by atoms with E-state index in [4.69, 9.17) is 9.05 Å². The van der Waals surface area contributed by atoms with Crippen LogP contribution in [0.15, 0.2) is 48.6 Å². The number of amides is 1. The summed E-state index contributed by atoms with van der Waals surface area (Å²) in [6.07, 6.45) is 91.3. The van der Waals surface area contributed by atoms with E-state index in [9.17, 15) is 19.4 Å². The van der Waals surface area contributed by atoms with Crippen molar-refractivity contribution in [2.75, 3.05) is 40.9 Å². The molecule has 0 rings (SSSR count). The monoisotopic (exact) mass is 1220 g/mol. The second-order valence-corrected chi connectivity index (χ2v) is 28.4. The van der Waals surface area contributed by atoms with Gasteiger partial charge in [0.25, 0.3) is 7.82 Å². The molecule has 0 heterocycles. The standard InChI is InChI=1S/C76H147N2O6P/c1-6-8-10-12-14-16-18-20-22-24-26-28-30-32-34-36-38-40-41-43-45-47-49-51-53-55-57-59-61-63-65-67-69-75(79)74(73-84-85(81,82)83-72-71-78(3,4)5)77-76(80)70-68-66-64-62-60-58-56-54-52-50-48-46-44-42-39-37-35-33-31-29-27-25-23-21-19-17-15-13-11-9-7-2/h25,27,51,53,59,61,67,69,74-75,79H,6-24,26,28-50,52,54-58,60,62-66,68,70-73H2,1-5H3,(H-,77,80,81,82)/b27-25-,53-51+,61-59+,69-67+. The van der Waals surface area contributed by atoms with Gasteiger partial charge in [0.2, 0.25) is 5.91 Å². The van der Waals surface area contributed by atoms with Crippen molar-refractivity contribution in [2.24, 2.45) is 0 Å². The molecule has 502 valence electrons. The molecule has 0 saturated heterocycles. The van der Waals surface area contributed by atoms with E-state index in [0.29, 0.717) is 17.4 Å². The zero-order valence-corrected chi connectivity index (χ0v) is 58.5. The molecule has 0 aliphatic rings. The molecule has 0 aliphatic carbocycles. The molecule has 0 aromatic rings. The van der Waals surface area contributed by atoms with Gasteiger partial charge in [-0.25, -0.2) is 0 Å². The summed E-state index contributed by atoms with van der Waals surface area (Å²) in [5, 5.41) is 14.0. The van der Waals surface area contributed by atoms with Crippen molar-refractivity contribution in [3.8, 4) is 0 Å². The molecular formula is C76H147N2O6P. The summed E-state index contributed by atoms with van der Waals surface area (Å²) in [4.78, 5) is 25.7. The maximum Gasteiger partial charge on any atom is 0.268 e. The number of quaternary nitrogens is 1. The van der Waals surface area contributed by atoms with Crippen LogP contribution in [0.5, 0.6) is 0 Å². The zero-order valence-electron chi connectivity index (χ0n) is 57.6. The molecule has 3 unspecified atom stereocenters. The Morgan fingerprint density at radius 1 is 0.400 bits per heavy atom. The fourth-order valence-corrected chi connectivity index (χ4v) is 12.1. The summed E-state index contributed by atoms with van der Waals surface area (Å²) < 4.78 is 23.5. The maximum absolute atomic E-state index is 13.0. The van der Waals surface area contributed by atoms with Crippen LogP contribution in [0.2, 0.25) is 0 Å². The molecule has 2 N–H and O–H groups in total. The number of carbonyl (C=O) groups is 1. The minimum Gasteiger partial charge on any atom is -0.756 e. The second kappa shape index (κ2) is 66.9. The van der Waals surface area contributed by atoms with Crippen molar-refractivity contribution in [1.29, 1.82) is 0 Å². The molecule has 0 aromatic carbocycles. The zero-order chi connectivity index (χ0) is 61.9. The molecule has 0 saturated carbocycles. The van der Waals surface area contributed by atoms with Crippen LogP contribution >= 0.6 is 7.82 Å². The van der Waals surface area contributed by atoms with Crippen LogP contribution < -0.4 is 10.2 Å². The highest BCUT2D eigenvalue weighted by atomic mass is 31.2. The summed E-state index contributed by atoms with van der Waals surface area (Å²) in [7, 11) is 1.25. The Kier molecular flexibility index (Phi) is 65.7. The second-order valence-electron chi connectivity index (χ2n) is 27.0. The lowest BCUT2D eigenvalue weighted by Gasteiger charge is -2.29. The molecule has 0 bridgehead atoms. The Hall–Kier alpha value is -1.54. The number of nitrogens with zero attached hydrogens (tertiary/aromatic N) is 1. The lowest BCUT2D eigenvalue weighted by Crippen LogP contribution is -2.45. The number of nitrogens with one attached hydrogen (secondary N) is 1. The number of likely N-dealkylation sites (N-methyl/N-ethyl adjacent to an activating group) is 1. The fourth-order valence-electron chi connectivity index (χ4n) is 11.4. The van der Waals surface area contributed by atoms with Gasteiger partial charge in [-0.1, -0.05) is 351 Å². The van der Waals surface area contributed by atoms with Crippen LogP contribution in [-0.2, 0) is 18.4 Å². The van der Waals surface area contributed by atoms with Crippen molar-refractivity contribution in [3.63, 3.8) is 0 Å². The maximum atomic E-state index is 13.0. The molecule has 0 radical (unpaired) electrons. The van der Waals surface area contributed by atoms with Crippen LogP contribution in [0.4, 0.5) is 0 Å². The highest BCUT2D eigenvalue weighted by molar-refractivity contribution is 7.45. The average molecular weight is 1220 g/mol. The van der Waals surface area contributed by atoms with E-state index in [-0.39, 0.29) is 12.5 Å². The Labute approximate surface area is 530 Å². The highest BCUT2D eigenvalue weighted by Gasteiger charge is 2.23. The molecule has 0 spiro atoms. The Balaban J connectivity index is 4.06. The summed E-state index contributed by atoms with van der Waals surface area (Å²) in [5.74, 6) is -0.204. The number of hydrogen-bond acceptors (Lipinski definition) is 6. The number of phosphoric acid groups is 1. The number of aliphatic hydroxyl groups excluding tert-OH is 1. The van der Waals surface area contributed by atoms with E-state index in [2.05, 4.69) is 55.6 Å². The molecule has 0 fully saturated rings. The van der Waals surface area contributed by atoms with Crippen molar-refractivity contribution in [3.05, 3.63) is 48.6 Å². The van der Waals surface area contributed by atoms with Crippen LogP contribution in [-0.4, -0.2) is 68.5 Å². The number of carbonyl (C=O) groups excluding carboxylic acids is 1. The highest BCUT2D eigenvalue weighted by Crippen LogP contribution is 2.38. The van der Waals surface area contributed by atoms with Crippen LogP contribution in [0.25, 0.3) is 0 Å². The molecule has 8 nitrogen and oxygen atoms in total. The van der Waals surface area contributed by atoms with Gasteiger partial charge >= 0.3 is 0 Å². The van der Waals surface area contributed by atoms with Crippen molar-refractivity contribution in [1.82, 2.24) is 5.32 Å². The van der Waals surface area contributed by atoms with Crippen LogP contribution in [0, 0.1) is 0 Å².